The van der Waals surface area contributed by atoms with Gasteiger partial charge in [0.05, 0.1) is 11.4 Å². The summed E-state index contributed by atoms with van der Waals surface area (Å²) < 4.78 is 23.6. The van der Waals surface area contributed by atoms with E-state index in [4.69, 9.17) is 11.5 Å². The van der Waals surface area contributed by atoms with Crippen LogP contribution >= 0.6 is 0 Å². The third-order valence-corrected chi connectivity index (χ3v) is 6.52. The van der Waals surface area contributed by atoms with Gasteiger partial charge >= 0.3 is 0 Å². The van der Waals surface area contributed by atoms with Gasteiger partial charge in [-0.05, 0) is 25.7 Å². The van der Waals surface area contributed by atoms with Crippen LogP contribution in [0.5, 0.6) is 0 Å². The van der Waals surface area contributed by atoms with Crippen molar-refractivity contribution in [2.45, 2.75) is 43.0 Å². The molecule has 1 aromatic rings. The molecule has 0 bridgehead atoms. The highest BCUT2D eigenvalue weighted by Gasteiger charge is 2.39. The van der Waals surface area contributed by atoms with E-state index in [9.17, 15) is 13.2 Å². The molecule has 0 aromatic carbocycles. The fourth-order valence-corrected chi connectivity index (χ4v) is 4.72. The van der Waals surface area contributed by atoms with Crippen LogP contribution in [-0.4, -0.2) is 61.0 Å². The van der Waals surface area contributed by atoms with Gasteiger partial charge in [-0.3, -0.25) is 4.79 Å². The van der Waals surface area contributed by atoms with Crippen molar-refractivity contribution in [2.24, 2.45) is 11.5 Å². The Hall–Kier alpha value is -1.94. The number of primary amides is 1. The highest BCUT2D eigenvalue weighted by atomic mass is 32.2. The number of piperidine rings is 1. The maximum Gasteiger partial charge on any atom is 0.271 e. The topological polar surface area (TPSA) is 144 Å². The number of anilines is 2. The van der Waals surface area contributed by atoms with Crippen molar-refractivity contribution in [3.8, 4) is 0 Å². The Labute approximate surface area is 147 Å². The van der Waals surface area contributed by atoms with Crippen molar-refractivity contribution in [3.63, 3.8) is 0 Å². The molecular formula is C15H24N6O3S. The van der Waals surface area contributed by atoms with Crippen LogP contribution < -0.4 is 21.7 Å². The van der Waals surface area contributed by atoms with Crippen LogP contribution in [-0.2, 0) is 9.84 Å². The highest BCUT2D eigenvalue weighted by Crippen LogP contribution is 2.30. The third-order valence-electron chi connectivity index (χ3n) is 4.86. The maximum atomic E-state index is 11.8. The Morgan fingerprint density at radius 3 is 2.68 bits per heavy atom. The summed E-state index contributed by atoms with van der Waals surface area (Å²) in [6, 6.07) is -0.217. The zero-order chi connectivity index (χ0) is 18.2. The van der Waals surface area contributed by atoms with Gasteiger partial charge in [0.25, 0.3) is 5.91 Å². The Balaban J connectivity index is 1.85. The zero-order valence-electron chi connectivity index (χ0n) is 14.2. The van der Waals surface area contributed by atoms with Crippen LogP contribution in [0, 0.1) is 0 Å². The van der Waals surface area contributed by atoms with E-state index in [1.165, 1.54) is 12.5 Å². The van der Waals surface area contributed by atoms with Gasteiger partial charge in [0.1, 0.15) is 5.82 Å². The molecule has 1 aliphatic heterocycles. The molecule has 2 fully saturated rings. The first kappa shape index (κ1) is 17.9. The van der Waals surface area contributed by atoms with Crippen LogP contribution in [0.15, 0.2) is 6.20 Å². The van der Waals surface area contributed by atoms with Gasteiger partial charge in [0, 0.05) is 31.4 Å². The lowest BCUT2D eigenvalue weighted by atomic mass is 9.92. The predicted octanol–water partition coefficient (Wildman–Crippen LogP) is -0.509. The Morgan fingerprint density at radius 2 is 2.12 bits per heavy atom. The van der Waals surface area contributed by atoms with Crippen LogP contribution in [0.4, 0.5) is 11.6 Å². The summed E-state index contributed by atoms with van der Waals surface area (Å²) >= 11 is 0. The third kappa shape index (κ3) is 3.84. The molecule has 0 radical (unpaired) electrons. The van der Waals surface area contributed by atoms with Crippen molar-refractivity contribution in [3.05, 3.63) is 11.9 Å². The first-order valence-corrected chi connectivity index (χ1v) is 10.3. The van der Waals surface area contributed by atoms with E-state index in [1.807, 2.05) is 4.90 Å². The van der Waals surface area contributed by atoms with Gasteiger partial charge in [-0.2, -0.15) is 0 Å². The summed E-state index contributed by atoms with van der Waals surface area (Å²) in [5.41, 5.74) is 11.4. The van der Waals surface area contributed by atoms with Crippen LogP contribution in [0.1, 0.15) is 36.2 Å². The summed E-state index contributed by atoms with van der Waals surface area (Å²) in [5.74, 6) is 0.146. The Kier molecular flexibility index (Phi) is 4.83. The molecule has 1 saturated heterocycles. The molecule has 2 unspecified atom stereocenters. The number of nitrogens with one attached hydrogen (secondary N) is 1. The van der Waals surface area contributed by atoms with Gasteiger partial charge in [0.2, 0.25) is 0 Å². The molecule has 1 aliphatic carbocycles. The smallest absolute Gasteiger partial charge is 0.271 e. The lowest BCUT2D eigenvalue weighted by molar-refractivity contribution is 0.0996. The van der Waals surface area contributed by atoms with Crippen molar-refractivity contribution in [1.82, 2.24) is 9.97 Å². The first-order chi connectivity index (χ1) is 11.8. The van der Waals surface area contributed by atoms with E-state index in [-0.39, 0.29) is 23.6 Å². The summed E-state index contributed by atoms with van der Waals surface area (Å²) in [6.07, 6.45) is 5.94. The van der Waals surface area contributed by atoms with Gasteiger partial charge in [-0.15, -0.1) is 0 Å². The van der Waals surface area contributed by atoms with Gasteiger partial charge in [-0.1, -0.05) is 0 Å². The normalized spacial score (nSPS) is 26.8. The number of nitrogens with two attached hydrogens (primary N) is 2. The minimum Gasteiger partial charge on any atom is -0.364 e. The quantitative estimate of drug-likeness (QED) is 0.630. The molecule has 138 valence electrons. The summed E-state index contributed by atoms with van der Waals surface area (Å²) in [6.45, 7) is 1.48. The number of rotatable bonds is 5. The molecule has 1 saturated carbocycles. The Morgan fingerprint density at radius 1 is 1.36 bits per heavy atom. The van der Waals surface area contributed by atoms with Gasteiger partial charge in [-0.25, -0.2) is 18.4 Å². The Bertz CT molecular complexity index is 769. The lowest BCUT2D eigenvalue weighted by Crippen LogP contribution is -2.48. The van der Waals surface area contributed by atoms with Gasteiger partial charge in [0.15, 0.2) is 21.3 Å². The van der Waals surface area contributed by atoms with E-state index in [2.05, 4.69) is 15.3 Å². The monoisotopic (exact) mass is 368 g/mol. The molecule has 3 atom stereocenters. The minimum atomic E-state index is -3.16. The number of hydrogen-bond acceptors (Lipinski definition) is 8. The number of sulfone groups is 1. The molecule has 3 rings (SSSR count). The largest absolute Gasteiger partial charge is 0.364 e. The lowest BCUT2D eigenvalue weighted by Gasteiger charge is -2.36. The summed E-state index contributed by atoms with van der Waals surface area (Å²) in [5, 5.41) is 2.58. The second-order valence-electron chi connectivity index (χ2n) is 6.83. The van der Waals surface area contributed by atoms with E-state index in [1.54, 1.807) is 0 Å². The molecule has 0 spiro atoms. The van der Waals surface area contributed by atoms with Crippen molar-refractivity contribution < 1.29 is 13.2 Å². The maximum absolute atomic E-state index is 11.8. The average Bonchev–Trinajstić information content (AvgIpc) is 2.49. The number of carbonyl (C=O) groups is 1. The molecule has 5 N–H and O–H groups in total. The number of carbonyl (C=O) groups excluding carboxylic acids is 1. The van der Waals surface area contributed by atoms with Crippen molar-refractivity contribution in [2.75, 3.05) is 29.6 Å². The van der Waals surface area contributed by atoms with E-state index in [0.29, 0.717) is 25.2 Å². The second kappa shape index (κ2) is 6.75. The number of nitrogens with zero attached hydrogens (tertiary/aromatic N) is 3. The molecule has 2 aliphatic rings. The molecule has 25 heavy (non-hydrogen) atoms. The predicted molar refractivity (Wildman–Crippen MR) is 95.2 cm³/mol. The fourth-order valence-electron chi connectivity index (χ4n) is 3.35. The number of hydrogen-bond donors (Lipinski definition) is 3. The summed E-state index contributed by atoms with van der Waals surface area (Å²) in [4.78, 5) is 22.3. The van der Waals surface area contributed by atoms with E-state index < -0.39 is 21.0 Å². The fraction of sp³-hybridized carbons (Fsp3) is 0.667. The zero-order valence-corrected chi connectivity index (χ0v) is 15.0. The molecule has 1 amide bonds. The molecule has 2 heterocycles. The molecule has 9 nitrogen and oxygen atoms in total. The van der Waals surface area contributed by atoms with Crippen LogP contribution in [0.25, 0.3) is 0 Å². The standard InChI is InChI=1S/C15H24N6O3S/c1-25(23,24)11-5-4-10(11)19-15-13(14(17)22)18-7-12(20-15)21-6-2-3-9(16)8-21/h7,9-11H,2-6,8,16H2,1H3,(H2,17,22)(H,19,20)/t9?,10-,11?/m0/s1. The minimum absolute atomic E-state index is 0.0178. The second-order valence-corrected chi connectivity index (χ2v) is 9.10. The first-order valence-electron chi connectivity index (χ1n) is 8.38. The molecule has 1 aromatic heterocycles. The molecular weight excluding hydrogens is 344 g/mol. The molecule has 10 heteroatoms. The van der Waals surface area contributed by atoms with Gasteiger partial charge < -0.3 is 21.7 Å². The number of amides is 1. The van der Waals surface area contributed by atoms with Crippen molar-refractivity contribution >= 4 is 27.4 Å². The van der Waals surface area contributed by atoms with Crippen molar-refractivity contribution in [1.29, 1.82) is 0 Å². The average molecular weight is 368 g/mol. The van der Waals surface area contributed by atoms with E-state index in [0.717, 1.165) is 19.4 Å². The SMILES string of the molecule is CS(=O)(=O)C1CC[C@@H]1Nc1nc(N2CCCC(N)C2)cnc1C(N)=O. The van der Waals surface area contributed by atoms with E-state index >= 15 is 0 Å². The summed E-state index contributed by atoms with van der Waals surface area (Å²) in [7, 11) is -3.16. The van der Waals surface area contributed by atoms with Crippen LogP contribution in [0.3, 0.4) is 0 Å². The highest BCUT2D eigenvalue weighted by molar-refractivity contribution is 7.91. The number of aromatic nitrogens is 2. The van der Waals surface area contributed by atoms with Crippen LogP contribution in [0.2, 0.25) is 0 Å².